The standard InChI is InChI=1S/C15H29NO2/c1-4-10-16(11-5-2)12-15(14(17)18)8-6-13(3)7-9-15/h13H,4-12H2,1-3H3,(H,17,18). The molecule has 3 heteroatoms. The van der Waals surface area contributed by atoms with Crippen LogP contribution in [0.3, 0.4) is 0 Å². The molecule has 1 N–H and O–H groups in total. The largest absolute Gasteiger partial charge is 0.481 e. The number of hydrogen-bond acceptors (Lipinski definition) is 2. The van der Waals surface area contributed by atoms with Gasteiger partial charge in [0.25, 0.3) is 0 Å². The van der Waals surface area contributed by atoms with E-state index in [2.05, 4.69) is 25.7 Å². The number of carboxylic acid groups (broad SMARTS) is 1. The Hall–Kier alpha value is -0.570. The molecule has 1 saturated carbocycles. The Morgan fingerprint density at radius 2 is 1.72 bits per heavy atom. The predicted octanol–water partition coefficient (Wildman–Crippen LogP) is 3.39. The lowest BCUT2D eigenvalue weighted by molar-refractivity contribution is -0.153. The molecule has 0 radical (unpaired) electrons. The first kappa shape index (κ1) is 15.5. The molecular weight excluding hydrogens is 226 g/mol. The molecule has 18 heavy (non-hydrogen) atoms. The van der Waals surface area contributed by atoms with Crippen molar-refractivity contribution in [1.82, 2.24) is 4.90 Å². The van der Waals surface area contributed by atoms with Crippen molar-refractivity contribution in [3.8, 4) is 0 Å². The van der Waals surface area contributed by atoms with Gasteiger partial charge in [0.2, 0.25) is 0 Å². The Balaban J connectivity index is 2.69. The fourth-order valence-corrected chi connectivity index (χ4v) is 3.08. The molecule has 0 aliphatic heterocycles. The summed E-state index contributed by atoms with van der Waals surface area (Å²) in [6.45, 7) is 9.37. The van der Waals surface area contributed by atoms with Gasteiger partial charge in [-0.1, -0.05) is 20.8 Å². The maximum absolute atomic E-state index is 11.7. The summed E-state index contributed by atoms with van der Waals surface area (Å²) in [5.41, 5.74) is -0.475. The van der Waals surface area contributed by atoms with Gasteiger partial charge in [-0.05, 0) is 57.5 Å². The van der Waals surface area contributed by atoms with Crippen molar-refractivity contribution >= 4 is 5.97 Å². The van der Waals surface area contributed by atoms with Crippen LogP contribution in [0.1, 0.15) is 59.3 Å². The van der Waals surface area contributed by atoms with E-state index >= 15 is 0 Å². The van der Waals surface area contributed by atoms with Gasteiger partial charge >= 0.3 is 5.97 Å². The first-order chi connectivity index (χ1) is 8.54. The van der Waals surface area contributed by atoms with Gasteiger partial charge in [0.05, 0.1) is 5.41 Å². The van der Waals surface area contributed by atoms with Gasteiger partial charge in [-0.3, -0.25) is 4.79 Å². The Kier molecular flexibility index (Phi) is 6.13. The van der Waals surface area contributed by atoms with Crippen molar-refractivity contribution in [2.45, 2.75) is 59.3 Å². The van der Waals surface area contributed by atoms with Crippen LogP contribution in [-0.2, 0) is 4.79 Å². The zero-order valence-corrected chi connectivity index (χ0v) is 12.2. The summed E-state index contributed by atoms with van der Waals surface area (Å²) >= 11 is 0. The van der Waals surface area contributed by atoms with Gasteiger partial charge in [-0.25, -0.2) is 0 Å². The summed E-state index contributed by atoms with van der Waals surface area (Å²) < 4.78 is 0. The Morgan fingerprint density at radius 1 is 1.22 bits per heavy atom. The molecule has 0 heterocycles. The third kappa shape index (κ3) is 3.98. The monoisotopic (exact) mass is 255 g/mol. The van der Waals surface area contributed by atoms with E-state index in [0.717, 1.165) is 58.2 Å². The SMILES string of the molecule is CCCN(CCC)CC1(C(=O)O)CCC(C)CC1. The number of rotatable bonds is 7. The summed E-state index contributed by atoms with van der Waals surface area (Å²) in [6, 6.07) is 0. The summed E-state index contributed by atoms with van der Waals surface area (Å²) in [5.74, 6) is 0.120. The minimum Gasteiger partial charge on any atom is -0.481 e. The molecule has 0 atom stereocenters. The van der Waals surface area contributed by atoms with Crippen LogP contribution >= 0.6 is 0 Å². The quantitative estimate of drug-likeness (QED) is 0.758. The minimum absolute atomic E-state index is 0.475. The van der Waals surface area contributed by atoms with E-state index in [9.17, 15) is 9.90 Å². The third-order valence-corrected chi connectivity index (χ3v) is 4.29. The molecule has 0 aromatic heterocycles. The fraction of sp³-hybridized carbons (Fsp3) is 0.933. The minimum atomic E-state index is -0.577. The van der Waals surface area contributed by atoms with E-state index < -0.39 is 11.4 Å². The molecule has 1 aliphatic carbocycles. The molecule has 1 rings (SSSR count). The average molecular weight is 255 g/mol. The highest BCUT2D eigenvalue weighted by atomic mass is 16.4. The van der Waals surface area contributed by atoms with Gasteiger partial charge in [-0.15, -0.1) is 0 Å². The van der Waals surface area contributed by atoms with Crippen molar-refractivity contribution in [3.63, 3.8) is 0 Å². The molecule has 1 aliphatic rings. The number of hydrogen-bond donors (Lipinski definition) is 1. The average Bonchev–Trinajstić information content (AvgIpc) is 2.33. The molecule has 0 aromatic carbocycles. The first-order valence-corrected chi connectivity index (χ1v) is 7.50. The second-order valence-corrected chi connectivity index (χ2v) is 6.04. The van der Waals surface area contributed by atoms with Crippen molar-refractivity contribution < 1.29 is 9.90 Å². The van der Waals surface area contributed by atoms with E-state index in [-0.39, 0.29) is 0 Å². The van der Waals surface area contributed by atoms with Gasteiger partial charge in [0.15, 0.2) is 0 Å². The van der Waals surface area contributed by atoms with Crippen LogP contribution in [0.5, 0.6) is 0 Å². The highest BCUT2D eigenvalue weighted by molar-refractivity contribution is 5.75. The molecule has 0 spiro atoms. The summed E-state index contributed by atoms with van der Waals surface area (Å²) in [4.78, 5) is 14.1. The van der Waals surface area contributed by atoms with Crippen LogP contribution < -0.4 is 0 Å². The molecule has 106 valence electrons. The van der Waals surface area contributed by atoms with E-state index in [1.807, 2.05) is 0 Å². The molecule has 1 fully saturated rings. The van der Waals surface area contributed by atoms with Gasteiger partial charge in [0.1, 0.15) is 0 Å². The zero-order valence-electron chi connectivity index (χ0n) is 12.2. The predicted molar refractivity (Wildman–Crippen MR) is 74.7 cm³/mol. The van der Waals surface area contributed by atoms with Crippen LogP contribution in [0.25, 0.3) is 0 Å². The molecular formula is C15H29NO2. The van der Waals surface area contributed by atoms with Crippen LogP contribution in [0.4, 0.5) is 0 Å². The lowest BCUT2D eigenvalue weighted by Gasteiger charge is -2.39. The van der Waals surface area contributed by atoms with E-state index in [1.165, 1.54) is 0 Å². The first-order valence-electron chi connectivity index (χ1n) is 7.50. The fourth-order valence-electron chi connectivity index (χ4n) is 3.08. The van der Waals surface area contributed by atoms with E-state index in [1.54, 1.807) is 0 Å². The molecule has 0 unspecified atom stereocenters. The lowest BCUT2D eigenvalue weighted by atomic mass is 9.70. The highest BCUT2D eigenvalue weighted by Crippen LogP contribution is 2.39. The van der Waals surface area contributed by atoms with Crippen LogP contribution in [0.15, 0.2) is 0 Å². The molecule has 0 bridgehead atoms. The van der Waals surface area contributed by atoms with Crippen LogP contribution in [-0.4, -0.2) is 35.6 Å². The number of carbonyl (C=O) groups is 1. The summed E-state index contributed by atoms with van der Waals surface area (Å²) in [6.07, 6.45) is 6.05. The van der Waals surface area contributed by atoms with E-state index in [4.69, 9.17) is 0 Å². The Labute approximate surface area is 112 Å². The smallest absolute Gasteiger partial charge is 0.310 e. The van der Waals surface area contributed by atoms with Gasteiger partial charge in [-0.2, -0.15) is 0 Å². The van der Waals surface area contributed by atoms with Gasteiger partial charge < -0.3 is 10.0 Å². The second kappa shape index (κ2) is 7.13. The van der Waals surface area contributed by atoms with Crippen molar-refractivity contribution in [3.05, 3.63) is 0 Å². The van der Waals surface area contributed by atoms with Crippen LogP contribution in [0, 0.1) is 11.3 Å². The normalized spacial score (nSPS) is 28.6. The second-order valence-electron chi connectivity index (χ2n) is 6.04. The van der Waals surface area contributed by atoms with Gasteiger partial charge in [0, 0.05) is 6.54 Å². The molecule has 0 aromatic rings. The third-order valence-electron chi connectivity index (χ3n) is 4.29. The summed E-state index contributed by atoms with van der Waals surface area (Å²) in [5, 5.41) is 9.63. The Morgan fingerprint density at radius 3 is 2.11 bits per heavy atom. The number of carboxylic acids is 1. The lowest BCUT2D eigenvalue weighted by Crippen LogP contribution is -2.45. The molecule has 0 amide bonds. The molecule has 3 nitrogen and oxygen atoms in total. The highest BCUT2D eigenvalue weighted by Gasteiger charge is 2.42. The maximum Gasteiger partial charge on any atom is 0.310 e. The van der Waals surface area contributed by atoms with Crippen molar-refractivity contribution in [2.24, 2.45) is 11.3 Å². The molecule has 0 saturated heterocycles. The topological polar surface area (TPSA) is 40.5 Å². The zero-order chi connectivity index (χ0) is 13.6. The number of nitrogens with zero attached hydrogens (tertiary/aromatic N) is 1. The van der Waals surface area contributed by atoms with Crippen molar-refractivity contribution in [2.75, 3.05) is 19.6 Å². The van der Waals surface area contributed by atoms with Crippen molar-refractivity contribution in [1.29, 1.82) is 0 Å². The number of aliphatic carboxylic acids is 1. The van der Waals surface area contributed by atoms with E-state index in [0.29, 0.717) is 5.92 Å². The summed E-state index contributed by atoms with van der Waals surface area (Å²) in [7, 11) is 0. The van der Waals surface area contributed by atoms with Crippen LogP contribution in [0.2, 0.25) is 0 Å². The maximum atomic E-state index is 11.7. The Bertz CT molecular complexity index is 251.